The molecule has 0 spiro atoms. The maximum absolute atomic E-state index is 8.55. The van der Waals surface area contributed by atoms with Crippen LogP contribution < -0.4 is 0 Å². The Kier molecular flexibility index (Phi) is 9.92. The molecule has 0 aliphatic heterocycles. The zero-order valence-corrected chi connectivity index (χ0v) is 32.0. The van der Waals surface area contributed by atoms with Gasteiger partial charge in [-0.25, -0.2) is 0 Å². The first kappa shape index (κ1) is 30.0. The molecule has 0 N–H and O–H groups in total. The number of nitrogens with zero attached hydrogens (tertiary/aromatic N) is 3. The molecule has 3 aromatic heterocycles. The Bertz CT molecular complexity index is 2300. The molecule has 3 heterocycles. The number of aromatic nitrogens is 3. The van der Waals surface area contributed by atoms with E-state index in [1.165, 1.54) is 22.9 Å². The van der Waals surface area contributed by atoms with Gasteiger partial charge in [-0.1, -0.05) is 117 Å². The molecule has 7 aromatic rings. The summed E-state index contributed by atoms with van der Waals surface area (Å²) in [5, 5.41) is 4.61. The molecule has 0 saturated heterocycles. The molecule has 1 radical (unpaired) electrons. The van der Waals surface area contributed by atoms with Gasteiger partial charge in [0.05, 0.1) is 16.9 Å². The van der Waals surface area contributed by atoms with Crippen LogP contribution in [0.3, 0.4) is 0 Å². The van der Waals surface area contributed by atoms with Crippen molar-refractivity contribution in [2.24, 2.45) is 5.92 Å². The number of fused-ring (bicyclic) bond motifs is 2. The Morgan fingerprint density at radius 1 is 0.857 bits per heavy atom. The van der Waals surface area contributed by atoms with Gasteiger partial charge in [-0.2, -0.15) is 0 Å². The number of imidazole rings is 1. The fourth-order valence-corrected chi connectivity index (χ4v) is 7.02. The van der Waals surface area contributed by atoms with E-state index in [-0.39, 0.29) is 31.6 Å². The van der Waals surface area contributed by atoms with E-state index in [9.17, 15) is 0 Å². The third-order valence-electron chi connectivity index (χ3n) is 8.40. The third kappa shape index (κ3) is 8.29. The van der Waals surface area contributed by atoms with Gasteiger partial charge in [0.15, 0.2) is 0 Å². The quantitative estimate of drug-likeness (QED) is 0.143. The molecule has 7 rings (SSSR count). The molecule has 4 aromatic carbocycles. The minimum Gasteiger partial charge on any atom is -0.360 e. The van der Waals surface area contributed by atoms with Crippen LogP contribution in [0.25, 0.3) is 43.8 Å². The molecule has 0 amide bonds. The van der Waals surface area contributed by atoms with Crippen LogP contribution in [0.15, 0.2) is 103 Å². The van der Waals surface area contributed by atoms with Crippen LogP contribution in [0.1, 0.15) is 88.0 Å². The summed E-state index contributed by atoms with van der Waals surface area (Å²) in [4.78, 5) is 9.24. The maximum Gasteiger partial charge on any atom is 0.0770 e. The third-order valence-corrected chi connectivity index (χ3v) is 9.27. The molecule has 3 nitrogen and oxygen atoms in total. The van der Waals surface area contributed by atoms with Gasteiger partial charge in [0, 0.05) is 39.7 Å². The number of para-hydroxylation sites is 2. The first-order valence-electron chi connectivity index (χ1n) is 19.1. The maximum atomic E-state index is 8.55. The summed E-state index contributed by atoms with van der Waals surface area (Å²) < 4.78 is 42.2. The molecule has 5 heteroatoms. The van der Waals surface area contributed by atoms with Crippen molar-refractivity contribution in [3.05, 3.63) is 143 Å². The Morgan fingerprint density at radius 2 is 1.61 bits per heavy atom. The van der Waals surface area contributed by atoms with Gasteiger partial charge in [-0.05, 0) is 71.1 Å². The predicted octanol–water partition coefficient (Wildman–Crippen LogP) is 12.1. The van der Waals surface area contributed by atoms with E-state index in [4.69, 9.17) is 11.8 Å². The normalized spacial score (nSPS) is 13.4. The summed E-state index contributed by atoms with van der Waals surface area (Å²) in [5.41, 5.74) is 9.80. The van der Waals surface area contributed by atoms with Crippen LogP contribution in [0.4, 0.5) is 0 Å². The molecule has 0 unspecified atom stereocenters. The largest absolute Gasteiger partial charge is 0.360 e. The summed E-state index contributed by atoms with van der Waals surface area (Å²) in [6.07, 6.45) is 0.0163. The molecule has 0 bridgehead atoms. The number of pyridine rings is 1. The van der Waals surface area contributed by atoms with E-state index in [1.807, 2.05) is 50.2 Å². The average molecular weight is 845 g/mol. The van der Waals surface area contributed by atoms with E-state index >= 15 is 0 Å². The van der Waals surface area contributed by atoms with Gasteiger partial charge in [-0.15, -0.1) is 47.3 Å². The minimum atomic E-state index is -2.09. The Labute approximate surface area is 316 Å². The van der Waals surface area contributed by atoms with E-state index in [2.05, 4.69) is 91.2 Å². The summed E-state index contributed by atoms with van der Waals surface area (Å²) >= 11 is 1.55. The topological polar surface area (TPSA) is 30.7 Å². The monoisotopic (exact) mass is 845 g/mol. The van der Waals surface area contributed by atoms with Crippen molar-refractivity contribution < 1.29 is 27.0 Å². The van der Waals surface area contributed by atoms with Gasteiger partial charge in [0.1, 0.15) is 0 Å². The Morgan fingerprint density at radius 3 is 2.27 bits per heavy atom. The second-order valence-corrected chi connectivity index (χ2v) is 13.9. The van der Waals surface area contributed by atoms with E-state index in [0.717, 1.165) is 55.9 Å². The average Bonchev–Trinajstić information content (AvgIpc) is 3.72. The zero-order valence-electron chi connectivity index (χ0n) is 33.8. The minimum absolute atomic E-state index is 0. The van der Waals surface area contributed by atoms with Crippen molar-refractivity contribution in [3.8, 4) is 22.6 Å². The Hall–Kier alpha value is -3.89. The van der Waals surface area contributed by atoms with Crippen molar-refractivity contribution in [2.45, 2.75) is 73.1 Å². The van der Waals surface area contributed by atoms with Gasteiger partial charge in [0.2, 0.25) is 0 Å². The van der Waals surface area contributed by atoms with Crippen LogP contribution in [-0.4, -0.2) is 14.5 Å². The summed E-state index contributed by atoms with van der Waals surface area (Å²) in [7, 11) is 0. The molecule has 0 aliphatic rings. The second kappa shape index (κ2) is 16.2. The number of hydrogen-bond donors (Lipinski definition) is 0. The number of benzene rings is 4. The number of thiophene rings is 1. The standard InChI is InChI=1S/C32H35N2S.C12H10N.Ir/c1-20(2)16-23-14-15-26-28(19-35-31(26)17-23)32-33-29-12-7-8-13-30(29)34(32)18-27-24(21(3)4)10-9-11-25(27)22(5)6;1-10-7-8-12(13-9-10)11-5-3-2-4-6-11;/h7-15,17,20-22H,16,18H2,1-6H3;2-5,7-9H,1H3;/q2*-1;/i16D2;1D3;. The SMILES string of the molecule is [2H]C([2H])([2H])c1ccc(-c2[c-]cccc2)nc1.[2H]C([2H])(c1ccc2c(-c3nc4ccccc4n3Cc3c(C(C)C)cccc3C(C)C)[c-]sc2c1)C(C)C.[Ir]. The first-order chi connectivity index (χ1) is 25.2. The Balaban J connectivity index is 0.000000276. The van der Waals surface area contributed by atoms with Crippen molar-refractivity contribution in [1.82, 2.24) is 14.5 Å². The van der Waals surface area contributed by atoms with E-state index in [0.29, 0.717) is 11.8 Å². The second-order valence-electron chi connectivity index (χ2n) is 13.0. The van der Waals surface area contributed by atoms with Gasteiger partial charge >= 0.3 is 0 Å². The molecule has 49 heavy (non-hydrogen) atoms. The molecular weight excluding hydrogens is 795 g/mol. The van der Waals surface area contributed by atoms with Crippen LogP contribution in [-0.2, 0) is 33.0 Å². The fourth-order valence-electron chi connectivity index (χ4n) is 6.14. The van der Waals surface area contributed by atoms with Gasteiger partial charge in [0.25, 0.3) is 0 Å². The smallest absolute Gasteiger partial charge is 0.0770 e. The first-order valence-corrected chi connectivity index (χ1v) is 17.4. The molecular formula is C44H45IrN3S-2. The predicted molar refractivity (Wildman–Crippen MR) is 205 cm³/mol. The van der Waals surface area contributed by atoms with E-state index in [1.54, 1.807) is 29.5 Å². The zero-order chi connectivity index (χ0) is 38.1. The summed E-state index contributed by atoms with van der Waals surface area (Å²) in [5.74, 6) is 1.67. The van der Waals surface area contributed by atoms with Gasteiger partial charge < -0.3 is 9.55 Å². The molecule has 0 saturated carbocycles. The summed E-state index contributed by atoms with van der Waals surface area (Å²) in [6, 6.07) is 34.8. The molecule has 0 fully saturated rings. The van der Waals surface area contributed by atoms with Crippen molar-refractivity contribution >= 4 is 32.5 Å². The van der Waals surface area contributed by atoms with Crippen LogP contribution in [0.2, 0.25) is 0 Å². The van der Waals surface area contributed by atoms with Gasteiger partial charge in [-0.3, -0.25) is 16.3 Å². The summed E-state index contributed by atoms with van der Waals surface area (Å²) in [6.45, 7) is 11.6. The van der Waals surface area contributed by atoms with Crippen molar-refractivity contribution in [3.63, 3.8) is 0 Å². The van der Waals surface area contributed by atoms with Crippen LogP contribution >= 0.6 is 11.3 Å². The van der Waals surface area contributed by atoms with Crippen molar-refractivity contribution in [2.75, 3.05) is 0 Å². The molecule has 0 atom stereocenters. The van der Waals surface area contributed by atoms with E-state index < -0.39 is 13.2 Å². The molecule has 0 aliphatic carbocycles. The number of hydrogen-bond acceptors (Lipinski definition) is 3. The van der Waals surface area contributed by atoms with Crippen LogP contribution in [0, 0.1) is 24.2 Å². The molecule has 253 valence electrons. The fraction of sp³-hybridized carbons (Fsp3) is 0.273. The van der Waals surface area contributed by atoms with Crippen LogP contribution in [0.5, 0.6) is 0 Å². The number of rotatable bonds is 8. The number of aryl methyl sites for hydroxylation is 1. The van der Waals surface area contributed by atoms with Crippen molar-refractivity contribution in [1.29, 1.82) is 0 Å².